The summed E-state index contributed by atoms with van der Waals surface area (Å²) in [6, 6.07) is 85.8. The molecule has 4 heterocycles. The Morgan fingerprint density at radius 2 is 0.791 bits per heavy atom. The highest BCUT2D eigenvalue weighted by atomic mass is 16.3. The molecule has 0 amide bonds. The zero-order chi connectivity index (χ0) is 57.5. The Bertz CT molecular complexity index is 5510. The molecule has 0 saturated heterocycles. The minimum atomic E-state index is 0.444. The van der Waals surface area contributed by atoms with E-state index in [0.717, 1.165) is 166 Å². The monoisotopic (exact) mass is 1110 g/mol. The van der Waals surface area contributed by atoms with Crippen molar-refractivity contribution in [1.82, 2.24) is 0 Å². The molecule has 0 fully saturated rings. The average Bonchev–Trinajstić information content (AvgIpc) is 1.79. The maximum absolute atomic E-state index is 11.2. The van der Waals surface area contributed by atoms with Gasteiger partial charge in [-0.15, -0.1) is 0 Å². The van der Waals surface area contributed by atoms with E-state index in [4.69, 9.17) is 17.7 Å². The third-order valence-corrected chi connectivity index (χ3v) is 17.7. The number of para-hydroxylation sites is 4. The molecular weight excluding hydrogens is 1050 g/mol. The van der Waals surface area contributed by atoms with E-state index in [1.807, 2.05) is 18.2 Å². The summed E-state index contributed by atoms with van der Waals surface area (Å²) in [6.07, 6.45) is 0. The number of hydrogen-bond acceptors (Lipinski definition) is 7. The molecule has 406 valence electrons. The quantitative estimate of drug-likeness (QED) is 0.150. The van der Waals surface area contributed by atoms with E-state index in [1.54, 1.807) is 0 Å². The van der Waals surface area contributed by atoms with Gasteiger partial charge < -0.3 is 27.5 Å². The number of nitrogens with zero attached hydrogens (tertiary/aromatic N) is 3. The Labute approximate surface area is 494 Å². The van der Waals surface area contributed by atoms with Gasteiger partial charge in [0, 0.05) is 77.0 Å². The van der Waals surface area contributed by atoms with E-state index >= 15 is 0 Å². The lowest BCUT2D eigenvalue weighted by Gasteiger charge is -2.28. The van der Waals surface area contributed by atoms with Crippen LogP contribution in [0.2, 0.25) is 0 Å². The Morgan fingerprint density at radius 3 is 1.30 bits per heavy atom. The highest BCUT2D eigenvalue weighted by Gasteiger charge is 2.28. The SMILES string of the molecule is Cc1ccccc1N(c1ccc2cc3c(cc2c1)oc1c(C#N)c2c(cc13)oc1cc3cc(N(c4ccccc4C)c4c(C)ccc5c4oc4c(-c6ccccc6)cccc45)ccc3cc12)c1c(C)ccc2c1oc1c(-c3ccccc3)cccc12. The number of anilines is 6. The third kappa shape index (κ3) is 7.40. The van der Waals surface area contributed by atoms with Crippen LogP contribution in [0.1, 0.15) is 27.8 Å². The fourth-order valence-corrected chi connectivity index (χ4v) is 13.6. The molecule has 7 heteroatoms. The van der Waals surface area contributed by atoms with Gasteiger partial charge in [-0.1, -0.05) is 170 Å². The molecule has 4 aromatic heterocycles. The van der Waals surface area contributed by atoms with Crippen molar-refractivity contribution in [3.8, 4) is 28.3 Å². The van der Waals surface area contributed by atoms with E-state index in [1.165, 1.54) is 0 Å². The number of fused-ring (bicyclic) bond motifs is 14. The number of furan rings is 4. The second-order valence-corrected chi connectivity index (χ2v) is 22.8. The molecule has 7 nitrogen and oxygen atoms in total. The summed E-state index contributed by atoms with van der Waals surface area (Å²) in [6.45, 7) is 8.62. The van der Waals surface area contributed by atoms with Crippen molar-refractivity contribution in [3.05, 3.63) is 264 Å². The van der Waals surface area contributed by atoms with Gasteiger partial charge >= 0.3 is 0 Å². The van der Waals surface area contributed by atoms with Crippen LogP contribution in [0.5, 0.6) is 0 Å². The number of benzene rings is 13. The first kappa shape index (κ1) is 49.3. The van der Waals surface area contributed by atoms with Crippen LogP contribution in [-0.4, -0.2) is 0 Å². The Morgan fingerprint density at radius 1 is 0.314 bits per heavy atom. The van der Waals surface area contributed by atoms with Crippen LogP contribution in [0.4, 0.5) is 34.1 Å². The zero-order valence-corrected chi connectivity index (χ0v) is 47.5. The predicted octanol–water partition coefficient (Wildman–Crippen LogP) is 23.0. The number of hydrogen-bond donors (Lipinski definition) is 0. The maximum atomic E-state index is 11.2. The average molecular weight is 1110 g/mol. The van der Waals surface area contributed by atoms with Gasteiger partial charge in [-0.2, -0.15) is 5.26 Å². The van der Waals surface area contributed by atoms with Crippen LogP contribution >= 0.6 is 0 Å². The topological polar surface area (TPSA) is 82.8 Å². The van der Waals surface area contributed by atoms with Crippen LogP contribution in [-0.2, 0) is 0 Å². The lowest BCUT2D eigenvalue weighted by molar-refractivity contribution is 0.663. The van der Waals surface area contributed by atoms with Gasteiger partial charge in [-0.05, 0) is 149 Å². The van der Waals surface area contributed by atoms with Crippen molar-refractivity contribution < 1.29 is 17.7 Å². The van der Waals surface area contributed by atoms with Crippen molar-refractivity contribution in [2.75, 3.05) is 9.80 Å². The molecule has 17 rings (SSSR count). The Hall–Kier alpha value is -11.3. The molecule has 0 radical (unpaired) electrons. The first-order chi connectivity index (χ1) is 42.2. The van der Waals surface area contributed by atoms with Gasteiger partial charge in [0.1, 0.15) is 39.5 Å². The Balaban J connectivity index is 0.792. The van der Waals surface area contributed by atoms with Gasteiger partial charge in [0.05, 0.1) is 11.4 Å². The smallest absolute Gasteiger partial charge is 0.159 e. The molecular formula is C79H51N3O4. The summed E-state index contributed by atoms with van der Waals surface area (Å²) in [4.78, 5) is 4.67. The van der Waals surface area contributed by atoms with Crippen molar-refractivity contribution in [1.29, 1.82) is 5.26 Å². The molecule has 17 aromatic rings. The summed E-state index contributed by atoms with van der Waals surface area (Å²) < 4.78 is 27.9. The molecule has 86 heavy (non-hydrogen) atoms. The summed E-state index contributed by atoms with van der Waals surface area (Å²) in [5.74, 6) is 0. The van der Waals surface area contributed by atoms with E-state index < -0.39 is 0 Å². The summed E-state index contributed by atoms with van der Waals surface area (Å²) in [7, 11) is 0. The first-order valence-electron chi connectivity index (χ1n) is 29.1. The van der Waals surface area contributed by atoms with Crippen LogP contribution in [0, 0.1) is 39.0 Å². The van der Waals surface area contributed by atoms with Gasteiger partial charge in [0.15, 0.2) is 16.7 Å². The summed E-state index contributed by atoms with van der Waals surface area (Å²) in [5.41, 5.74) is 21.1. The highest BCUT2D eigenvalue weighted by molar-refractivity contribution is 6.22. The number of rotatable bonds is 8. The lowest BCUT2D eigenvalue weighted by Crippen LogP contribution is -2.13. The minimum absolute atomic E-state index is 0.444. The summed E-state index contributed by atoms with van der Waals surface area (Å²) >= 11 is 0. The Kier molecular flexibility index (Phi) is 10.8. The van der Waals surface area contributed by atoms with Gasteiger partial charge in [0.2, 0.25) is 0 Å². The fourth-order valence-electron chi connectivity index (χ4n) is 13.6. The molecule has 13 aromatic carbocycles. The second-order valence-electron chi connectivity index (χ2n) is 22.8. The van der Waals surface area contributed by atoms with Crippen LogP contribution in [0.3, 0.4) is 0 Å². The molecule has 0 atom stereocenters. The van der Waals surface area contributed by atoms with Crippen molar-refractivity contribution in [2.24, 2.45) is 0 Å². The molecule has 0 aliphatic carbocycles. The lowest BCUT2D eigenvalue weighted by atomic mass is 9.99. The number of aryl methyl sites for hydroxylation is 4. The minimum Gasteiger partial charge on any atom is -0.456 e. The van der Waals surface area contributed by atoms with E-state index in [2.05, 4.69) is 262 Å². The van der Waals surface area contributed by atoms with Crippen LogP contribution in [0.25, 0.3) is 132 Å². The van der Waals surface area contributed by atoms with Crippen molar-refractivity contribution in [3.63, 3.8) is 0 Å². The normalized spacial score (nSPS) is 11.9. The van der Waals surface area contributed by atoms with Gasteiger partial charge in [-0.3, -0.25) is 0 Å². The molecule has 0 spiro atoms. The molecule has 0 N–H and O–H groups in total. The van der Waals surface area contributed by atoms with Crippen molar-refractivity contribution in [2.45, 2.75) is 27.7 Å². The maximum Gasteiger partial charge on any atom is 0.159 e. The van der Waals surface area contributed by atoms with E-state index in [-0.39, 0.29) is 0 Å². The van der Waals surface area contributed by atoms with Gasteiger partial charge in [-0.25, -0.2) is 0 Å². The van der Waals surface area contributed by atoms with Crippen molar-refractivity contribution >= 4 is 143 Å². The standard InChI is InChI=1S/C79H51N3O4/c1-45-17-11-13-27-67(45)81(73-47(3)29-35-61-59-25-15-23-57(75(59)85-78(61)73)49-19-7-5-8-20-49)55-33-31-51-39-63-64-43-71-72(66(44-80)77(64)84-69(63)41-53(51)37-55)65-40-52-32-34-56(38-54(52)42-70(65)83-71)82(68-28-14-12-18-46(68)2)74-48(4)30-36-62-60-26-16-24-58(76(60)86-79(62)74)50-21-9-6-10-22-50/h5-43H,1-4H3. The predicted molar refractivity (Wildman–Crippen MR) is 354 cm³/mol. The van der Waals surface area contributed by atoms with Crippen LogP contribution in [0.15, 0.2) is 254 Å². The van der Waals surface area contributed by atoms with Crippen LogP contribution < -0.4 is 9.80 Å². The third-order valence-electron chi connectivity index (χ3n) is 17.7. The second kappa shape index (κ2) is 18.8. The molecule has 0 aliphatic heterocycles. The molecule has 0 unspecified atom stereocenters. The number of nitriles is 1. The highest BCUT2D eigenvalue weighted by Crippen LogP contribution is 2.50. The largest absolute Gasteiger partial charge is 0.456 e. The molecule has 0 saturated carbocycles. The zero-order valence-electron chi connectivity index (χ0n) is 47.5. The first-order valence-corrected chi connectivity index (χ1v) is 29.1. The van der Waals surface area contributed by atoms with Gasteiger partial charge in [0.25, 0.3) is 0 Å². The fraction of sp³-hybridized carbons (Fsp3) is 0.0506. The molecule has 0 aliphatic rings. The molecule has 0 bridgehead atoms. The van der Waals surface area contributed by atoms with E-state index in [9.17, 15) is 5.26 Å². The van der Waals surface area contributed by atoms with E-state index in [0.29, 0.717) is 27.9 Å². The summed E-state index contributed by atoms with van der Waals surface area (Å²) in [5, 5.41) is 22.8.